The summed E-state index contributed by atoms with van der Waals surface area (Å²) in [6.07, 6.45) is 13.0. The third-order valence-electron chi connectivity index (χ3n) is 11.5. The molecule has 4 aromatic carbocycles. The Hall–Kier alpha value is -2.55. The molecular formula is C41H48HfSi. The zero-order valence-corrected chi connectivity index (χ0v) is 32.1. The van der Waals surface area contributed by atoms with E-state index in [0.717, 1.165) is 0 Å². The summed E-state index contributed by atoms with van der Waals surface area (Å²) >= 11 is -3.82. The minimum atomic E-state index is -3.82. The molecule has 0 saturated heterocycles. The van der Waals surface area contributed by atoms with Crippen molar-refractivity contribution in [3.63, 3.8) is 0 Å². The zero-order valence-electron chi connectivity index (χ0n) is 27.5. The fourth-order valence-electron chi connectivity index (χ4n) is 8.70. The van der Waals surface area contributed by atoms with Crippen molar-refractivity contribution in [2.75, 3.05) is 0 Å². The van der Waals surface area contributed by atoms with Crippen molar-refractivity contribution in [3.8, 4) is 22.3 Å². The van der Waals surface area contributed by atoms with E-state index in [-0.39, 0.29) is 0 Å². The molecule has 220 valence electrons. The summed E-state index contributed by atoms with van der Waals surface area (Å²) in [4.78, 5) is 0. The molecule has 0 heterocycles. The standard InChI is InChI=1S/2C17H15.C5H12Si.2CH3.Hf/c2*1-12-6-3-7-13(2)17(12)16-11-5-9-14-8-4-10-15(14)16;1-3-4-5-6-2;;;/h2*3-11H,1-2H3;3-5H2,1-2H3;2*1H3;. The van der Waals surface area contributed by atoms with Crippen molar-refractivity contribution in [2.45, 2.75) is 76.8 Å². The Labute approximate surface area is 261 Å². The van der Waals surface area contributed by atoms with Crippen LogP contribution in [0.1, 0.15) is 71.6 Å². The second-order valence-corrected chi connectivity index (χ2v) is 61.7. The van der Waals surface area contributed by atoms with Crippen LogP contribution >= 0.6 is 0 Å². The first-order chi connectivity index (χ1) is 20.6. The number of benzene rings is 4. The molecule has 6 rings (SSSR count). The number of fused-ring (bicyclic) bond motifs is 2. The SMILES string of the molecule is CCCC[Si](C)=[Hf]([CH3])([CH3])([CH]1C=Cc2c(-c3c(C)cccc3C)cccc21)[CH]1C=Cc2c(-c3c(C)cccc3C)cccc21. The Morgan fingerprint density at radius 3 is 1.40 bits per heavy atom. The van der Waals surface area contributed by atoms with Gasteiger partial charge >= 0.3 is 263 Å². The zero-order chi connectivity index (χ0) is 30.5. The van der Waals surface area contributed by atoms with Crippen LogP contribution in [0.4, 0.5) is 0 Å². The summed E-state index contributed by atoms with van der Waals surface area (Å²) in [5.74, 6) is 0. The van der Waals surface area contributed by atoms with Crippen LogP contribution in [0.5, 0.6) is 0 Å². The molecule has 0 amide bonds. The van der Waals surface area contributed by atoms with Crippen LogP contribution < -0.4 is 0 Å². The van der Waals surface area contributed by atoms with Crippen molar-refractivity contribution >= 4 is 17.6 Å². The summed E-state index contributed by atoms with van der Waals surface area (Å²) in [6.45, 7) is 14.2. The summed E-state index contributed by atoms with van der Waals surface area (Å²) in [5.41, 5.74) is 16.7. The topological polar surface area (TPSA) is 0 Å². The van der Waals surface area contributed by atoms with Crippen LogP contribution in [0.25, 0.3) is 34.4 Å². The van der Waals surface area contributed by atoms with E-state index in [4.69, 9.17) is 0 Å². The molecule has 2 aliphatic rings. The average Bonchev–Trinajstić information content (AvgIpc) is 3.63. The molecule has 0 aromatic heterocycles. The molecule has 2 heteroatoms. The fraction of sp³-hybridized carbons (Fsp3) is 0.317. The second-order valence-electron chi connectivity index (χ2n) is 14.3. The van der Waals surface area contributed by atoms with Gasteiger partial charge in [-0.1, -0.05) is 0 Å². The first-order valence-corrected chi connectivity index (χ1v) is 35.3. The van der Waals surface area contributed by atoms with Crippen LogP contribution in [0, 0.1) is 27.7 Å². The quantitative estimate of drug-likeness (QED) is 0.165. The summed E-state index contributed by atoms with van der Waals surface area (Å²) in [5, 5.41) is 0. The van der Waals surface area contributed by atoms with Gasteiger partial charge in [-0.05, 0) is 0 Å². The van der Waals surface area contributed by atoms with Crippen molar-refractivity contribution in [2.24, 2.45) is 0 Å². The molecule has 2 unspecified atom stereocenters. The van der Waals surface area contributed by atoms with Gasteiger partial charge in [-0.15, -0.1) is 0 Å². The van der Waals surface area contributed by atoms with E-state index in [1.54, 1.807) is 11.1 Å². The van der Waals surface area contributed by atoms with Crippen molar-refractivity contribution in [3.05, 3.63) is 129 Å². The maximum absolute atomic E-state index is 3.82. The van der Waals surface area contributed by atoms with Gasteiger partial charge in [0, 0.05) is 0 Å². The molecule has 0 nitrogen and oxygen atoms in total. The minimum absolute atomic E-state index is 0.566. The van der Waals surface area contributed by atoms with Gasteiger partial charge in [0.1, 0.15) is 0 Å². The summed E-state index contributed by atoms with van der Waals surface area (Å²) < 4.78 is 6.90. The Bertz CT molecular complexity index is 1710. The van der Waals surface area contributed by atoms with Crippen LogP contribution in [-0.4, -0.2) is 5.49 Å². The van der Waals surface area contributed by atoms with E-state index in [9.17, 15) is 0 Å². The summed E-state index contributed by atoms with van der Waals surface area (Å²) in [6, 6.07) is 29.3. The Morgan fingerprint density at radius 2 is 1.00 bits per heavy atom. The van der Waals surface area contributed by atoms with Gasteiger partial charge in [-0.2, -0.15) is 0 Å². The monoisotopic (exact) mass is 748 g/mol. The van der Waals surface area contributed by atoms with Crippen molar-refractivity contribution in [1.82, 2.24) is 0 Å². The predicted molar refractivity (Wildman–Crippen MR) is 189 cm³/mol. The number of hydrogen-bond acceptors (Lipinski definition) is 0. The molecule has 0 spiro atoms. The fourth-order valence-corrected chi connectivity index (χ4v) is 52.4. The van der Waals surface area contributed by atoms with E-state index in [1.165, 1.54) is 74.5 Å². The number of hydrogen-bond donors (Lipinski definition) is 0. The maximum atomic E-state index is 2.88. The van der Waals surface area contributed by atoms with Crippen LogP contribution in [0.2, 0.25) is 22.0 Å². The molecule has 2 atom stereocenters. The molecule has 0 fully saturated rings. The summed E-state index contributed by atoms with van der Waals surface area (Å²) in [7, 11) is 0. The van der Waals surface area contributed by atoms with Crippen LogP contribution in [0.15, 0.2) is 84.9 Å². The van der Waals surface area contributed by atoms with E-state index in [1.807, 2.05) is 0 Å². The molecule has 0 bridgehead atoms. The number of aryl methyl sites for hydroxylation is 4. The van der Waals surface area contributed by atoms with Gasteiger partial charge in [0.05, 0.1) is 0 Å². The first-order valence-electron chi connectivity index (χ1n) is 16.4. The van der Waals surface area contributed by atoms with E-state index >= 15 is 0 Å². The molecule has 2 aliphatic carbocycles. The molecule has 0 N–H and O–H groups in total. The number of allylic oxidation sites excluding steroid dienone is 2. The third kappa shape index (κ3) is 4.79. The van der Waals surface area contributed by atoms with Gasteiger partial charge in [0.25, 0.3) is 0 Å². The van der Waals surface area contributed by atoms with Gasteiger partial charge in [-0.3, -0.25) is 0 Å². The second kappa shape index (κ2) is 11.4. The molecule has 43 heavy (non-hydrogen) atoms. The first kappa shape index (κ1) is 30.5. The van der Waals surface area contributed by atoms with Gasteiger partial charge in [0.15, 0.2) is 0 Å². The van der Waals surface area contributed by atoms with Gasteiger partial charge < -0.3 is 0 Å². The Kier molecular flexibility index (Phi) is 8.09. The molecule has 0 aliphatic heterocycles. The third-order valence-corrected chi connectivity index (χ3v) is 69.5. The van der Waals surface area contributed by atoms with Crippen molar-refractivity contribution < 1.29 is 17.1 Å². The van der Waals surface area contributed by atoms with Crippen LogP contribution in [-0.2, 0) is 17.1 Å². The molecule has 0 saturated carbocycles. The van der Waals surface area contributed by atoms with E-state index in [0.29, 0.717) is 7.35 Å². The van der Waals surface area contributed by atoms with Gasteiger partial charge in [0.2, 0.25) is 0 Å². The molecular weight excluding hydrogens is 699 g/mol. The predicted octanol–water partition coefficient (Wildman–Crippen LogP) is 12.3. The van der Waals surface area contributed by atoms with E-state index in [2.05, 4.69) is 148 Å². The Balaban J connectivity index is 1.57. The van der Waals surface area contributed by atoms with Gasteiger partial charge in [-0.25, -0.2) is 0 Å². The molecule has 0 radical (unpaired) electrons. The number of unbranched alkanes of at least 4 members (excludes halogenated alkanes) is 1. The van der Waals surface area contributed by atoms with Crippen LogP contribution in [0.3, 0.4) is 0 Å². The normalized spacial score (nSPS) is 17.3. The Morgan fingerprint density at radius 1 is 0.605 bits per heavy atom. The van der Waals surface area contributed by atoms with Crippen molar-refractivity contribution in [1.29, 1.82) is 0 Å². The average molecular weight is 747 g/mol. The number of rotatable bonds is 7. The van der Waals surface area contributed by atoms with E-state index < -0.39 is 22.6 Å². The molecule has 4 aromatic rings.